The van der Waals surface area contributed by atoms with Crippen molar-refractivity contribution >= 4 is 51.0 Å². The fourth-order valence-corrected chi connectivity index (χ4v) is 6.84. The molecular formula is C32H36ClN9. The van der Waals surface area contributed by atoms with Crippen molar-refractivity contribution in [3.63, 3.8) is 0 Å². The Bertz CT molecular complexity index is 1730. The number of aromatic nitrogens is 5. The molecule has 0 atom stereocenters. The number of hydrogen-bond acceptors (Lipinski definition) is 8. The maximum Gasteiger partial charge on any atom is 0.228 e. The van der Waals surface area contributed by atoms with Gasteiger partial charge in [0.1, 0.15) is 17.8 Å². The van der Waals surface area contributed by atoms with Gasteiger partial charge in [-0.2, -0.15) is 0 Å². The van der Waals surface area contributed by atoms with E-state index in [1.807, 2.05) is 37.3 Å². The number of likely N-dealkylation sites (N-methyl/N-ethyl adjacent to an activating group) is 1. The van der Waals surface area contributed by atoms with E-state index in [0.717, 1.165) is 57.3 Å². The summed E-state index contributed by atoms with van der Waals surface area (Å²) in [7, 11) is 2.22. The normalized spacial score (nSPS) is 20.4. The van der Waals surface area contributed by atoms with E-state index in [0.29, 0.717) is 28.9 Å². The first-order valence-corrected chi connectivity index (χ1v) is 15.2. The largest absolute Gasteiger partial charge is 0.383 e. The first kappa shape index (κ1) is 27.1. The van der Waals surface area contributed by atoms with Gasteiger partial charge in [-0.25, -0.2) is 19.9 Å². The number of nitrogen functional groups attached to an aromatic ring is 1. The molecule has 1 saturated heterocycles. The van der Waals surface area contributed by atoms with E-state index in [1.165, 1.54) is 39.0 Å². The molecule has 2 fully saturated rings. The van der Waals surface area contributed by atoms with Crippen LogP contribution in [0.3, 0.4) is 0 Å². The molecule has 3 aromatic heterocycles. The molecule has 4 heterocycles. The van der Waals surface area contributed by atoms with E-state index in [4.69, 9.17) is 22.3 Å². The highest BCUT2D eigenvalue weighted by Gasteiger charge is 2.30. The summed E-state index contributed by atoms with van der Waals surface area (Å²) in [6.45, 7) is 6.67. The van der Waals surface area contributed by atoms with Gasteiger partial charge in [0.25, 0.3) is 0 Å². The van der Waals surface area contributed by atoms with E-state index in [1.54, 1.807) is 6.33 Å². The number of nitrogens with one attached hydrogen (secondary N) is 1. The number of rotatable bonds is 5. The molecule has 0 unspecified atom stereocenters. The lowest BCUT2D eigenvalue weighted by Gasteiger charge is -2.41. The van der Waals surface area contributed by atoms with E-state index >= 15 is 0 Å². The van der Waals surface area contributed by atoms with Crippen molar-refractivity contribution < 1.29 is 0 Å². The van der Waals surface area contributed by atoms with Crippen LogP contribution in [0.4, 0.5) is 17.5 Å². The summed E-state index contributed by atoms with van der Waals surface area (Å²) < 4.78 is 2.35. The molecule has 3 N–H and O–H groups in total. The second-order valence-electron chi connectivity index (χ2n) is 11.7. The fourth-order valence-electron chi connectivity index (χ4n) is 6.67. The van der Waals surface area contributed by atoms with Gasteiger partial charge in [0.05, 0.1) is 16.6 Å². The second-order valence-corrected chi connectivity index (χ2v) is 12.1. The molecule has 10 heteroatoms. The first-order valence-electron chi connectivity index (χ1n) is 14.8. The van der Waals surface area contributed by atoms with Crippen molar-refractivity contribution in [2.45, 2.75) is 44.7 Å². The zero-order chi connectivity index (χ0) is 28.8. The number of hydrogen-bond donors (Lipinski definition) is 2. The summed E-state index contributed by atoms with van der Waals surface area (Å²) in [5.74, 6) is 1.05. The molecule has 1 aliphatic carbocycles. The molecule has 0 amide bonds. The standard InChI is InChI=1S/C32H36ClN9/c1-20-26-12-5-22(33)17-28(26)39-32(37-20)38-23-6-3-21(4-7-23)27-18-42(31-29(27)30(34)35-19-36-31)25-10-8-24(9-11-25)41-15-13-40(2)14-16-41/h3-7,12,17-19,24-25H,8-11,13-16H2,1-2H3,(H2,34,35,36)(H,37,38,39)/t24-,25+. The molecule has 2 aliphatic rings. The van der Waals surface area contributed by atoms with Crippen LogP contribution in [-0.4, -0.2) is 73.6 Å². The van der Waals surface area contributed by atoms with Gasteiger partial charge in [0.2, 0.25) is 5.95 Å². The summed E-state index contributed by atoms with van der Waals surface area (Å²) in [5.41, 5.74) is 12.1. The zero-order valence-corrected chi connectivity index (χ0v) is 24.8. The number of aryl methyl sites for hydroxylation is 1. The Morgan fingerprint density at radius 3 is 2.40 bits per heavy atom. The van der Waals surface area contributed by atoms with E-state index in [9.17, 15) is 0 Å². The minimum atomic E-state index is 0.405. The Kier molecular flexibility index (Phi) is 7.17. The summed E-state index contributed by atoms with van der Waals surface area (Å²) in [4.78, 5) is 23.5. The van der Waals surface area contributed by atoms with E-state index < -0.39 is 0 Å². The van der Waals surface area contributed by atoms with Crippen LogP contribution >= 0.6 is 11.6 Å². The Morgan fingerprint density at radius 1 is 0.905 bits per heavy atom. The summed E-state index contributed by atoms with van der Waals surface area (Å²) >= 11 is 6.20. The minimum Gasteiger partial charge on any atom is -0.383 e. The van der Waals surface area contributed by atoms with Gasteiger partial charge in [0, 0.05) is 66.1 Å². The third kappa shape index (κ3) is 5.17. The Labute approximate surface area is 250 Å². The number of halogens is 1. The molecule has 5 aromatic rings. The van der Waals surface area contributed by atoms with Crippen LogP contribution in [0.2, 0.25) is 5.02 Å². The van der Waals surface area contributed by atoms with E-state index in [-0.39, 0.29) is 0 Å². The van der Waals surface area contributed by atoms with Crippen LogP contribution in [0.25, 0.3) is 33.1 Å². The summed E-state index contributed by atoms with van der Waals surface area (Å²) in [6, 6.07) is 15.1. The molecule has 9 nitrogen and oxygen atoms in total. The predicted molar refractivity (Wildman–Crippen MR) is 170 cm³/mol. The summed E-state index contributed by atoms with van der Waals surface area (Å²) in [6.07, 6.45) is 8.53. The third-order valence-corrected chi connectivity index (χ3v) is 9.29. The lowest BCUT2D eigenvalue weighted by Crippen LogP contribution is -2.49. The van der Waals surface area contributed by atoms with Crippen LogP contribution in [0, 0.1) is 6.92 Å². The van der Waals surface area contributed by atoms with Gasteiger partial charge in [0.15, 0.2) is 0 Å². The monoisotopic (exact) mass is 581 g/mol. The van der Waals surface area contributed by atoms with Crippen molar-refractivity contribution in [2.24, 2.45) is 0 Å². The van der Waals surface area contributed by atoms with Gasteiger partial charge in [-0.05, 0) is 75.5 Å². The maximum atomic E-state index is 6.46. The van der Waals surface area contributed by atoms with Crippen molar-refractivity contribution in [3.05, 3.63) is 65.7 Å². The van der Waals surface area contributed by atoms with Crippen LogP contribution in [0.1, 0.15) is 37.4 Å². The Balaban J connectivity index is 1.13. The molecule has 0 bridgehead atoms. The average Bonchev–Trinajstić information content (AvgIpc) is 3.39. The van der Waals surface area contributed by atoms with Crippen molar-refractivity contribution in [2.75, 3.05) is 44.3 Å². The highest BCUT2D eigenvalue weighted by molar-refractivity contribution is 6.31. The predicted octanol–water partition coefficient (Wildman–Crippen LogP) is 6.06. The molecule has 2 aromatic carbocycles. The third-order valence-electron chi connectivity index (χ3n) is 9.05. The maximum absolute atomic E-state index is 6.46. The number of anilines is 3. The summed E-state index contributed by atoms with van der Waals surface area (Å²) in [5, 5.41) is 5.91. The molecule has 7 rings (SSSR count). The number of fused-ring (bicyclic) bond motifs is 2. The molecule has 42 heavy (non-hydrogen) atoms. The van der Waals surface area contributed by atoms with Crippen molar-refractivity contribution in [1.82, 2.24) is 34.3 Å². The van der Waals surface area contributed by atoms with Gasteiger partial charge >= 0.3 is 0 Å². The number of piperazine rings is 1. The smallest absolute Gasteiger partial charge is 0.228 e. The van der Waals surface area contributed by atoms with Crippen molar-refractivity contribution in [1.29, 1.82) is 0 Å². The SMILES string of the molecule is Cc1nc(Nc2ccc(-c3cn([C@H]4CC[C@@H](N5CCN(C)CC5)CC4)c4ncnc(N)c34)cc2)nc2cc(Cl)ccc12. The quantitative estimate of drug-likeness (QED) is 0.258. The lowest BCUT2D eigenvalue weighted by molar-refractivity contribution is 0.0828. The van der Waals surface area contributed by atoms with Crippen molar-refractivity contribution in [3.8, 4) is 11.1 Å². The van der Waals surface area contributed by atoms with Gasteiger partial charge in [-0.3, -0.25) is 4.90 Å². The van der Waals surface area contributed by atoms with Crippen LogP contribution < -0.4 is 11.1 Å². The highest BCUT2D eigenvalue weighted by Crippen LogP contribution is 2.39. The van der Waals surface area contributed by atoms with Gasteiger partial charge in [-0.15, -0.1) is 0 Å². The molecule has 0 radical (unpaired) electrons. The first-order chi connectivity index (χ1) is 20.4. The van der Waals surface area contributed by atoms with Crippen LogP contribution in [-0.2, 0) is 0 Å². The van der Waals surface area contributed by atoms with E-state index in [2.05, 4.69) is 60.0 Å². The second kappa shape index (κ2) is 11.1. The Hall–Kier alpha value is -3.79. The highest BCUT2D eigenvalue weighted by atomic mass is 35.5. The lowest BCUT2D eigenvalue weighted by atomic mass is 9.89. The Morgan fingerprint density at radius 2 is 1.64 bits per heavy atom. The molecule has 1 saturated carbocycles. The van der Waals surface area contributed by atoms with Crippen LogP contribution in [0.5, 0.6) is 0 Å². The number of nitrogens with two attached hydrogens (primary N) is 1. The molecule has 1 aliphatic heterocycles. The topological polar surface area (TPSA) is 101 Å². The average molecular weight is 582 g/mol. The molecule has 216 valence electrons. The number of benzene rings is 2. The number of nitrogens with zero attached hydrogens (tertiary/aromatic N) is 7. The van der Waals surface area contributed by atoms with Gasteiger partial charge < -0.3 is 20.5 Å². The van der Waals surface area contributed by atoms with Crippen LogP contribution in [0.15, 0.2) is 55.0 Å². The minimum absolute atomic E-state index is 0.405. The zero-order valence-electron chi connectivity index (χ0n) is 24.1. The molecular weight excluding hydrogens is 546 g/mol. The fraction of sp³-hybridized carbons (Fsp3) is 0.375. The van der Waals surface area contributed by atoms with Gasteiger partial charge in [-0.1, -0.05) is 23.7 Å². The molecule has 0 spiro atoms.